The van der Waals surface area contributed by atoms with Crippen LogP contribution in [0.2, 0.25) is 0 Å². The van der Waals surface area contributed by atoms with Gasteiger partial charge in [-0.25, -0.2) is 9.97 Å². The zero-order valence-electron chi connectivity index (χ0n) is 15.5. The van der Waals surface area contributed by atoms with Crippen molar-refractivity contribution in [1.29, 1.82) is 0 Å². The maximum Gasteiger partial charge on any atom is 0.267 e. The molecule has 146 valence electrons. The molecule has 4 aromatic rings. The number of carbonyl (C=O) groups excluding carboxylic acids is 1. The zero-order valence-corrected chi connectivity index (χ0v) is 17.9. The highest BCUT2D eigenvalue weighted by Gasteiger charge is 2.22. The predicted octanol–water partition coefficient (Wildman–Crippen LogP) is 5.14. The summed E-state index contributed by atoms with van der Waals surface area (Å²) in [5, 5.41) is 8.75. The molecule has 0 unspecified atom stereocenters. The van der Waals surface area contributed by atoms with Crippen molar-refractivity contribution in [2.45, 2.75) is 19.5 Å². The SMILES string of the molecule is O=C(Nc1nc2c(s1)CN(Cc1csc(-c3ccccc3)n1)CC2)c1cccs1. The van der Waals surface area contributed by atoms with E-state index in [1.807, 2.05) is 35.7 Å². The Labute approximate surface area is 180 Å². The first-order valence-electron chi connectivity index (χ1n) is 9.30. The molecule has 0 saturated heterocycles. The standard InChI is InChI=1S/C21H18N4OS3/c26-19(17-7-4-10-27-17)24-21-23-16-8-9-25(12-18(16)29-21)11-15-13-28-20(22-15)14-5-2-1-3-6-14/h1-7,10,13H,8-9,11-12H2,(H,23,24,26). The number of nitrogens with zero attached hydrogens (tertiary/aromatic N) is 3. The summed E-state index contributed by atoms with van der Waals surface area (Å²) in [4.78, 5) is 26.0. The summed E-state index contributed by atoms with van der Waals surface area (Å²) in [6.07, 6.45) is 0.899. The van der Waals surface area contributed by atoms with Crippen LogP contribution < -0.4 is 5.32 Å². The fraction of sp³-hybridized carbons (Fsp3) is 0.190. The Hall–Kier alpha value is -2.39. The summed E-state index contributed by atoms with van der Waals surface area (Å²) in [7, 11) is 0. The van der Waals surface area contributed by atoms with E-state index in [1.54, 1.807) is 22.7 Å². The topological polar surface area (TPSA) is 58.1 Å². The number of rotatable bonds is 5. The van der Waals surface area contributed by atoms with Gasteiger partial charge in [0.25, 0.3) is 5.91 Å². The minimum atomic E-state index is -0.0844. The monoisotopic (exact) mass is 438 g/mol. The van der Waals surface area contributed by atoms with Crippen molar-refractivity contribution in [3.8, 4) is 10.6 Å². The number of thiazole rings is 2. The molecule has 0 radical (unpaired) electrons. The molecule has 0 spiro atoms. The average molecular weight is 439 g/mol. The van der Waals surface area contributed by atoms with Crippen LogP contribution in [-0.2, 0) is 19.5 Å². The number of thiophene rings is 1. The van der Waals surface area contributed by atoms with Crippen LogP contribution in [0.1, 0.15) is 25.9 Å². The molecule has 1 aliphatic heterocycles. The summed E-state index contributed by atoms with van der Waals surface area (Å²) in [6, 6.07) is 14.0. The second-order valence-corrected chi connectivity index (χ2v) is 9.68. The minimum Gasteiger partial charge on any atom is -0.297 e. The van der Waals surface area contributed by atoms with Crippen LogP contribution in [0.4, 0.5) is 5.13 Å². The van der Waals surface area contributed by atoms with Gasteiger partial charge in [0.05, 0.1) is 16.3 Å². The number of fused-ring (bicyclic) bond motifs is 1. The van der Waals surface area contributed by atoms with Crippen molar-refractivity contribution in [2.75, 3.05) is 11.9 Å². The van der Waals surface area contributed by atoms with Gasteiger partial charge in [0, 0.05) is 41.9 Å². The molecule has 1 N–H and O–H groups in total. The number of hydrogen-bond donors (Lipinski definition) is 1. The van der Waals surface area contributed by atoms with E-state index in [1.165, 1.54) is 21.8 Å². The summed E-state index contributed by atoms with van der Waals surface area (Å²) >= 11 is 4.71. The highest BCUT2D eigenvalue weighted by molar-refractivity contribution is 7.16. The van der Waals surface area contributed by atoms with E-state index in [0.29, 0.717) is 10.0 Å². The highest BCUT2D eigenvalue weighted by atomic mass is 32.1. The maximum absolute atomic E-state index is 12.3. The number of nitrogens with one attached hydrogen (secondary N) is 1. The molecule has 0 saturated carbocycles. The fourth-order valence-electron chi connectivity index (χ4n) is 3.33. The van der Waals surface area contributed by atoms with Crippen molar-refractivity contribution < 1.29 is 4.79 Å². The van der Waals surface area contributed by atoms with E-state index in [4.69, 9.17) is 4.98 Å². The third kappa shape index (κ3) is 4.16. The van der Waals surface area contributed by atoms with E-state index < -0.39 is 0 Å². The van der Waals surface area contributed by atoms with Crippen LogP contribution in [0.15, 0.2) is 53.2 Å². The Morgan fingerprint density at radius 2 is 2.00 bits per heavy atom. The molecule has 1 amide bonds. The lowest BCUT2D eigenvalue weighted by atomic mass is 10.2. The molecule has 3 aromatic heterocycles. The Morgan fingerprint density at radius 1 is 1.10 bits per heavy atom. The molecule has 8 heteroatoms. The first-order valence-corrected chi connectivity index (χ1v) is 11.9. The lowest BCUT2D eigenvalue weighted by molar-refractivity contribution is 0.103. The molecular formula is C21H18N4OS3. The largest absolute Gasteiger partial charge is 0.297 e. The summed E-state index contributed by atoms with van der Waals surface area (Å²) in [6.45, 7) is 2.63. The molecule has 0 atom stereocenters. The third-order valence-electron chi connectivity index (χ3n) is 4.73. The van der Waals surface area contributed by atoms with Gasteiger partial charge in [0.1, 0.15) is 5.01 Å². The molecule has 0 fully saturated rings. The van der Waals surface area contributed by atoms with Crippen molar-refractivity contribution in [3.05, 3.63) is 74.4 Å². The second kappa shape index (κ2) is 8.16. The van der Waals surface area contributed by atoms with Crippen molar-refractivity contribution in [3.63, 3.8) is 0 Å². The van der Waals surface area contributed by atoms with Crippen LogP contribution in [-0.4, -0.2) is 27.3 Å². The van der Waals surface area contributed by atoms with Crippen LogP contribution >= 0.6 is 34.0 Å². The van der Waals surface area contributed by atoms with Gasteiger partial charge in [0.2, 0.25) is 0 Å². The zero-order chi connectivity index (χ0) is 19.6. The third-order valence-corrected chi connectivity index (χ3v) is 7.54. The number of anilines is 1. The molecular weight excluding hydrogens is 420 g/mol. The van der Waals surface area contributed by atoms with E-state index in [2.05, 4.69) is 32.7 Å². The number of benzene rings is 1. The maximum atomic E-state index is 12.3. The van der Waals surface area contributed by atoms with Crippen LogP contribution in [0.3, 0.4) is 0 Å². The Bertz CT molecular complexity index is 1120. The first kappa shape index (κ1) is 18.6. The Morgan fingerprint density at radius 3 is 2.83 bits per heavy atom. The van der Waals surface area contributed by atoms with E-state index in [0.717, 1.165) is 42.5 Å². The Kier molecular flexibility index (Phi) is 5.24. The number of amides is 1. The van der Waals surface area contributed by atoms with E-state index >= 15 is 0 Å². The number of hydrogen-bond acceptors (Lipinski definition) is 7. The highest BCUT2D eigenvalue weighted by Crippen LogP contribution is 2.30. The molecule has 1 aromatic carbocycles. The predicted molar refractivity (Wildman–Crippen MR) is 120 cm³/mol. The second-order valence-electron chi connectivity index (χ2n) is 6.79. The molecule has 4 heterocycles. The molecule has 0 bridgehead atoms. The lowest BCUT2D eigenvalue weighted by Crippen LogP contribution is -2.29. The van der Waals surface area contributed by atoms with Gasteiger partial charge in [-0.1, -0.05) is 36.4 Å². The summed E-state index contributed by atoms with van der Waals surface area (Å²) in [5.74, 6) is -0.0844. The smallest absolute Gasteiger partial charge is 0.267 e. The fourth-order valence-corrected chi connectivity index (χ4v) is 5.81. The van der Waals surface area contributed by atoms with Crippen molar-refractivity contribution in [2.24, 2.45) is 0 Å². The van der Waals surface area contributed by atoms with Gasteiger partial charge in [-0.3, -0.25) is 15.0 Å². The quantitative estimate of drug-likeness (QED) is 0.469. The number of carbonyl (C=O) groups is 1. The van der Waals surface area contributed by atoms with Crippen LogP contribution in [0, 0.1) is 0 Å². The van der Waals surface area contributed by atoms with Crippen molar-refractivity contribution in [1.82, 2.24) is 14.9 Å². The summed E-state index contributed by atoms with van der Waals surface area (Å²) in [5.41, 5.74) is 3.38. The van der Waals surface area contributed by atoms with Crippen LogP contribution in [0.5, 0.6) is 0 Å². The summed E-state index contributed by atoms with van der Waals surface area (Å²) < 4.78 is 0. The lowest BCUT2D eigenvalue weighted by Gasteiger charge is -2.24. The molecule has 5 rings (SSSR count). The van der Waals surface area contributed by atoms with Gasteiger partial charge >= 0.3 is 0 Å². The van der Waals surface area contributed by atoms with Gasteiger partial charge in [-0.15, -0.1) is 34.0 Å². The van der Waals surface area contributed by atoms with Crippen molar-refractivity contribution >= 4 is 45.0 Å². The molecule has 29 heavy (non-hydrogen) atoms. The molecule has 5 nitrogen and oxygen atoms in total. The Balaban J connectivity index is 1.24. The van der Waals surface area contributed by atoms with Gasteiger partial charge < -0.3 is 0 Å². The molecule has 1 aliphatic rings. The average Bonchev–Trinajstić information content (AvgIpc) is 3.49. The van der Waals surface area contributed by atoms with Gasteiger partial charge in [-0.2, -0.15) is 0 Å². The van der Waals surface area contributed by atoms with Crippen LogP contribution in [0.25, 0.3) is 10.6 Å². The molecule has 0 aliphatic carbocycles. The van der Waals surface area contributed by atoms with Gasteiger partial charge in [0.15, 0.2) is 5.13 Å². The minimum absolute atomic E-state index is 0.0844. The number of aromatic nitrogens is 2. The van der Waals surface area contributed by atoms with E-state index in [9.17, 15) is 4.79 Å². The van der Waals surface area contributed by atoms with E-state index in [-0.39, 0.29) is 5.91 Å². The normalized spacial score (nSPS) is 13.9. The van der Waals surface area contributed by atoms with Gasteiger partial charge in [-0.05, 0) is 11.4 Å². The first-order chi connectivity index (χ1) is 14.2.